The third-order valence-electron chi connectivity index (χ3n) is 1.34. The fourth-order valence-electron chi connectivity index (χ4n) is 0.739. The van der Waals surface area contributed by atoms with Crippen LogP contribution in [-0.2, 0) is 4.79 Å². The van der Waals surface area contributed by atoms with Gasteiger partial charge >= 0.3 is 11.7 Å². The number of rotatable bonds is 2. The predicted octanol–water partition coefficient (Wildman–Crippen LogP) is -1.89. The quantitative estimate of drug-likeness (QED) is 0.500. The lowest BCUT2D eigenvalue weighted by atomic mass is 10.5. The molecule has 1 rings (SSSR count). The molecular weight excluding hydrogens is 180 g/mol. The molecule has 7 heteroatoms. The predicted molar refractivity (Wildman–Crippen MR) is 40.2 cm³/mol. The highest BCUT2D eigenvalue weighted by molar-refractivity contribution is 5.69. The van der Waals surface area contributed by atoms with Gasteiger partial charge in [-0.2, -0.15) is 0 Å². The third-order valence-corrected chi connectivity index (χ3v) is 1.34. The molecule has 13 heavy (non-hydrogen) atoms. The van der Waals surface area contributed by atoms with E-state index in [-0.39, 0.29) is 0 Å². The molecule has 0 spiro atoms. The SMILES string of the molecule is O=C(O)[C@H](O)n1ccc(=O)[nH]c1=O. The van der Waals surface area contributed by atoms with E-state index in [2.05, 4.69) is 0 Å². The van der Waals surface area contributed by atoms with E-state index in [1.807, 2.05) is 0 Å². The number of nitrogens with zero attached hydrogens (tertiary/aromatic N) is 1. The Labute approximate surface area is 70.9 Å². The largest absolute Gasteiger partial charge is 0.478 e. The molecule has 0 fully saturated rings. The van der Waals surface area contributed by atoms with Crippen LogP contribution in [0.1, 0.15) is 6.23 Å². The van der Waals surface area contributed by atoms with Gasteiger partial charge in [-0.25, -0.2) is 9.59 Å². The first kappa shape index (κ1) is 9.20. The number of aliphatic hydroxyl groups excluding tert-OH is 1. The van der Waals surface area contributed by atoms with Crippen LogP contribution in [-0.4, -0.2) is 25.7 Å². The van der Waals surface area contributed by atoms with Gasteiger partial charge in [0.05, 0.1) is 0 Å². The van der Waals surface area contributed by atoms with E-state index < -0.39 is 23.4 Å². The molecule has 0 aliphatic rings. The second-order valence-electron chi connectivity index (χ2n) is 2.23. The van der Waals surface area contributed by atoms with Gasteiger partial charge in [-0.15, -0.1) is 0 Å². The Morgan fingerprint density at radius 3 is 2.62 bits per heavy atom. The Bertz CT molecular complexity index is 431. The monoisotopic (exact) mass is 186 g/mol. The fourth-order valence-corrected chi connectivity index (χ4v) is 0.739. The van der Waals surface area contributed by atoms with Crippen LogP contribution in [0.25, 0.3) is 0 Å². The van der Waals surface area contributed by atoms with Crippen molar-refractivity contribution < 1.29 is 15.0 Å². The number of aromatic amines is 1. The van der Waals surface area contributed by atoms with Crippen molar-refractivity contribution in [1.29, 1.82) is 0 Å². The molecular formula is C6H6N2O5. The summed E-state index contributed by atoms with van der Waals surface area (Å²) in [5, 5.41) is 17.2. The minimum absolute atomic E-state index is 0.490. The van der Waals surface area contributed by atoms with Crippen LogP contribution in [0.5, 0.6) is 0 Å². The van der Waals surface area contributed by atoms with Gasteiger partial charge in [-0.05, 0) is 0 Å². The molecule has 0 radical (unpaired) electrons. The highest BCUT2D eigenvalue weighted by Crippen LogP contribution is 1.94. The van der Waals surface area contributed by atoms with E-state index in [1.165, 1.54) is 0 Å². The summed E-state index contributed by atoms with van der Waals surface area (Å²) in [5.41, 5.74) is -1.62. The van der Waals surface area contributed by atoms with Gasteiger partial charge in [-0.3, -0.25) is 14.3 Å². The average Bonchev–Trinajstić information content (AvgIpc) is 2.03. The smallest absolute Gasteiger partial charge is 0.354 e. The second kappa shape index (κ2) is 3.23. The molecule has 0 amide bonds. The van der Waals surface area contributed by atoms with Crippen LogP contribution in [0, 0.1) is 0 Å². The highest BCUT2D eigenvalue weighted by atomic mass is 16.4. The molecule has 1 atom stereocenters. The number of carboxylic acid groups (broad SMARTS) is 1. The first-order chi connectivity index (χ1) is 6.02. The van der Waals surface area contributed by atoms with E-state index in [4.69, 9.17) is 10.2 Å². The number of hydrogen-bond acceptors (Lipinski definition) is 4. The molecule has 0 bridgehead atoms. The Hall–Kier alpha value is -1.89. The molecule has 0 saturated heterocycles. The summed E-state index contributed by atoms with van der Waals surface area (Å²) in [6, 6.07) is 0.938. The molecule has 3 N–H and O–H groups in total. The molecule has 7 nitrogen and oxygen atoms in total. The third kappa shape index (κ3) is 1.82. The maximum Gasteiger partial charge on any atom is 0.354 e. The molecule has 0 aliphatic carbocycles. The number of aliphatic carboxylic acids is 1. The van der Waals surface area contributed by atoms with Crippen molar-refractivity contribution in [1.82, 2.24) is 9.55 Å². The Morgan fingerprint density at radius 1 is 1.54 bits per heavy atom. The number of H-pyrrole nitrogens is 1. The van der Waals surface area contributed by atoms with Gasteiger partial charge < -0.3 is 10.2 Å². The van der Waals surface area contributed by atoms with Gasteiger partial charge in [0.15, 0.2) is 0 Å². The summed E-state index contributed by atoms with van der Waals surface area (Å²) in [6.07, 6.45) is -1.08. The molecule has 0 saturated carbocycles. The average molecular weight is 186 g/mol. The van der Waals surface area contributed by atoms with Crippen molar-refractivity contribution in [2.75, 3.05) is 0 Å². The molecule has 1 aromatic heterocycles. The zero-order valence-electron chi connectivity index (χ0n) is 6.30. The molecule has 0 aromatic carbocycles. The van der Waals surface area contributed by atoms with E-state index >= 15 is 0 Å². The summed E-state index contributed by atoms with van der Waals surface area (Å²) in [6.45, 7) is 0. The van der Waals surface area contributed by atoms with Crippen molar-refractivity contribution in [3.05, 3.63) is 33.1 Å². The number of aliphatic hydroxyl groups is 1. The summed E-state index contributed by atoms with van der Waals surface area (Å²) in [7, 11) is 0. The number of carbonyl (C=O) groups is 1. The number of aromatic nitrogens is 2. The van der Waals surface area contributed by atoms with E-state index in [0.717, 1.165) is 12.3 Å². The van der Waals surface area contributed by atoms with Gasteiger partial charge in [0.2, 0.25) is 6.23 Å². The van der Waals surface area contributed by atoms with Gasteiger partial charge in [-0.1, -0.05) is 0 Å². The molecule has 0 unspecified atom stereocenters. The molecule has 0 aliphatic heterocycles. The summed E-state index contributed by atoms with van der Waals surface area (Å²) >= 11 is 0. The Balaban J connectivity index is 3.24. The number of hydrogen-bond donors (Lipinski definition) is 3. The van der Waals surface area contributed by atoms with Gasteiger partial charge in [0.25, 0.3) is 5.56 Å². The lowest BCUT2D eigenvalue weighted by Gasteiger charge is -2.06. The van der Waals surface area contributed by atoms with Crippen molar-refractivity contribution in [3.63, 3.8) is 0 Å². The Kier molecular flexibility index (Phi) is 2.29. The summed E-state index contributed by atoms with van der Waals surface area (Å²) < 4.78 is 0.490. The Morgan fingerprint density at radius 2 is 2.15 bits per heavy atom. The van der Waals surface area contributed by atoms with Crippen LogP contribution in [0.2, 0.25) is 0 Å². The van der Waals surface area contributed by atoms with Crippen molar-refractivity contribution in [2.24, 2.45) is 0 Å². The number of nitrogens with one attached hydrogen (secondary N) is 1. The van der Waals surface area contributed by atoms with Crippen molar-refractivity contribution in [2.45, 2.75) is 6.23 Å². The lowest BCUT2D eigenvalue weighted by Crippen LogP contribution is -2.34. The lowest BCUT2D eigenvalue weighted by molar-refractivity contribution is -0.152. The van der Waals surface area contributed by atoms with Crippen LogP contribution in [0.3, 0.4) is 0 Å². The van der Waals surface area contributed by atoms with Crippen molar-refractivity contribution in [3.8, 4) is 0 Å². The highest BCUT2D eigenvalue weighted by Gasteiger charge is 2.16. The van der Waals surface area contributed by atoms with Crippen LogP contribution >= 0.6 is 0 Å². The van der Waals surface area contributed by atoms with Crippen LogP contribution < -0.4 is 11.2 Å². The zero-order chi connectivity index (χ0) is 10.0. The topological polar surface area (TPSA) is 112 Å². The second-order valence-corrected chi connectivity index (χ2v) is 2.23. The first-order valence-corrected chi connectivity index (χ1v) is 3.24. The van der Waals surface area contributed by atoms with Crippen molar-refractivity contribution >= 4 is 5.97 Å². The van der Waals surface area contributed by atoms with Crippen LogP contribution in [0.15, 0.2) is 21.9 Å². The van der Waals surface area contributed by atoms with E-state index in [0.29, 0.717) is 4.57 Å². The molecule has 1 heterocycles. The summed E-state index contributed by atoms with van der Waals surface area (Å²) in [4.78, 5) is 33.4. The molecule has 1 aromatic rings. The standard InChI is InChI=1S/C6H6N2O5/c9-3-1-2-8(6(13)7-3)4(10)5(11)12/h1-2,4,10H,(H,11,12)(H,7,9,13)/t4-/m0/s1. The van der Waals surface area contributed by atoms with Gasteiger partial charge in [0, 0.05) is 12.3 Å². The summed E-state index contributed by atoms with van der Waals surface area (Å²) in [5.74, 6) is -1.57. The minimum Gasteiger partial charge on any atom is -0.478 e. The minimum atomic E-state index is -1.98. The normalized spacial score (nSPS) is 12.4. The fraction of sp³-hybridized carbons (Fsp3) is 0.167. The van der Waals surface area contributed by atoms with E-state index in [9.17, 15) is 14.4 Å². The maximum absolute atomic E-state index is 10.9. The maximum atomic E-state index is 10.9. The number of carboxylic acids is 1. The first-order valence-electron chi connectivity index (χ1n) is 3.24. The zero-order valence-corrected chi connectivity index (χ0v) is 6.30. The van der Waals surface area contributed by atoms with Gasteiger partial charge in [0.1, 0.15) is 0 Å². The molecule has 70 valence electrons. The van der Waals surface area contributed by atoms with E-state index in [1.54, 1.807) is 4.98 Å². The van der Waals surface area contributed by atoms with Crippen LogP contribution in [0.4, 0.5) is 0 Å².